The van der Waals surface area contributed by atoms with Crippen LogP contribution in [0.4, 0.5) is 5.69 Å². The van der Waals surface area contributed by atoms with Crippen LogP contribution in [0.2, 0.25) is 20.1 Å². The molecule has 3 aromatic rings. The minimum Gasteiger partial charge on any atom is -0.504 e. The van der Waals surface area contributed by atoms with Gasteiger partial charge in [-0.3, -0.25) is 10.1 Å². The van der Waals surface area contributed by atoms with E-state index in [1.807, 2.05) is 0 Å². The van der Waals surface area contributed by atoms with E-state index in [1.165, 1.54) is 18.2 Å². The summed E-state index contributed by atoms with van der Waals surface area (Å²) in [6, 6.07) is 10.9. The second kappa shape index (κ2) is 8.59. The number of phenols is 1. The van der Waals surface area contributed by atoms with Crippen LogP contribution in [0.1, 0.15) is 10.6 Å². The molecule has 0 fully saturated rings. The quantitative estimate of drug-likeness (QED) is 0.302. The fraction of sp³-hybridized carbons (Fsp3) is 0. The molecule has 0 bridgehead atoms. The molecule has 0 saturated heterocycles. The molecule has 5 nitrogen and oxygen atoms in total. The molecular weight excluding hydrogens is 466 g/mol. The van der Waals surface area contributed by atoms with Gasteiger partial charge in [0.1, 0.15) is 5.76 Å². The number of benzene rings is 2. The second-order valence-corrected chi connectivity index (χ2v) is 7.49. The third-order valence-electron chi connectivity index (χ3n) is 3.55. The highest BCUT2D eigenvalue weighted by molar-refractivity contribution is 7.80. The Morgan fingerprint density at radius 2 is 1.79 bits per heavy atom. The van der Waals surface area contributed by atoms with E-state index >= 15 is 0 Å². The van der Waals surface area contributed by atoms with Crippen molar-refractivity contribution in [2.45, 2.75) is 0 Å². The summed E-state index contributed by atoms with van der Waals surface area (Å²) in [5.74, 6) is -0.479. The van der Waals surface area contributed by atoms with E-state index < -0.39 is 5.91 Å². The number of hydrogen-bond acceptors (Lipinski definition) is 4. The molecule has 3 rings (SSSR count). The minimum absolute atomic E-state index is 0.00328. The van der Waals surface area contributed by atoms with Crippen LogP contribution in [0.25, 0.3) is 11.3 Å². The van der Waals surface area contributed by atoms with Crippen LogP contribution >= 0.6 is 58.6 Å². The van der Waals surface area contributed by atoms with Gasteiger partial charge in [-0.2, -0.15) is 0 Å². The van der Waals surface area contributed by atoms with Crippen molar-refractivity contribution in [3.05, 3.63) is 68.3 Å². The van der Waals surface area contributed by atoms with Gasteiger partial charge in [0.15, 0.2) is 16.6 Å². The number of nitrogens with one attached hydrogen (secondary N) is 2. The molecule has 144 valence electrons. The Hall–Kier alpha value is -1.96. The normalized spacial score (nSPS) is 10.6. The maximum absolute atomic E-state index is 12.4. The smallest absolute Gasteiger partial charge is 0.293 e. The fourth-order valence-electron chi connectivity index (χ4n) is 2.28. The SMILES string of the molecule is O=C(NC(=S)Nc1cc(Cl)cc(Cl)c1O)c1ccc(-c2cccc(Cl)c2Cl)o1. The van der Waals surface area contributed by atoms with Gasteiger partial charge in [-0.1, -0.05) is 52.5 Å². The number of thiocarbonyl (C=S) groups is 1. The van der Waals surface area contributed by atoms with Gasteiger partial charge in [0, 0.05) is 10.6 Å². The van der Waals surface area contributed by atoms with Gasteiger partial charge >= 0.3 is 0 Å². The van der Waals surface area contributed by atoms with Crippen molar-refractivity contribution < 1.29 is 14.3 Å². The zero-order valence-corrected chi connectivity index (χ0v) is 17.6. The Balaban J connectivity index is 1.73. The van der Waals surface area contributed by atoms with Crippen molar-refractivity contribution in [2.24, 2.45) is 0 Å². The molecule has 0 aliphatic rings. The van der Waals surface area contributed by atoms with Gasteiger partial charge in [-0.25, -0.2) is 0 Å². The second-order valence-electron chi connectivity index (χ2n) is 5.46. The maximum atomic E-state index is 12.4. The largest absolute Gasteiger partial charge is 0.504 e. The molecule has 1 amide bonds. The number of rotatable bonds is 3. The Bertz CT molecular complexity index is 1080. The Labute approximate surface area is 185 Å². The average Bonchev–Trinajstić information content (AvgIpc) is 3.11. The molecule has 0 aliphatic heterocycles. The lowest BCUT2D eigenvalue weighted by Crippen LogP contribution is -2.33. The number of anilines is 1. The molecular formula is C18H10Cl4N2O3S. The lowest BCUT2D eigenvalue weighted by molar-refractivity contribution is 0.0951. The van der Waals surface area contributed by atoms with Gasteiger partial charge in [0.2, 0.25) is 0 Å². The number of aromatic hydroxyl groups is 1. The van der Waals surface area contributed by atoms with Gasteiger partial charge < -0.3 is 14.8 Å². The zero-order valence-electron chi connectivity index (χ0n) is 13.7. The lowest BCUT2D eigenvalue weighted by Gasteiger charge is -2.11. The standard InChI is InChI=1S/C18H10Cl4N2O3S/c19-8-6-11(21)16(25)12(7-8)23-18(28)24-17(26)14-5-4-13(27-14)9-2-1-3-10(20)15(9)22/h1-7,25H,(H2,23,24,26,28). The minimum atomic E-state index is -0.602. The predicted octanol–water partition coefficient (Wildman–Crippen LogP) is 6.39. The lowest BCUT2D eigenvalue weighted by atomic mass is 10.2. The molecule has 0 unspecified atom stereocenters. The number of hydrogen-bond donors (Lipinski definition) is 3. The molecule has 0 saturated carbocycles. The summed E-state index contributed by atoms with van der Waals surface area (Å²) in [6.07, 6.45) is 0. The summed E-state index contributed by atoms with van der Waals surface area (Å²) < 4.78 is 5.55. The molecule has 0 spiro atoms. The van der Waals surface area contributed by atoms with Gasteiger partial charge in [0.05, 0.1) is 20.8 Å². The van der Waals surface area contributed by atoms with E-state index in [0.717, 1.165) is 0 Å². The maximum Gasteiger partial charge on any atom is 0.293 e. The van der Waals surface area contributed by atoms with Gasteiger partial charge in [-0.05, 0) is 48.6 Å². The Morgan fingerprint density at radius 3 is 2.54 bits per heavy atom. The van der Waals surface area contributed by atoms with E-state index in [1.54, 1.807) is 24.3 Å². The van der Waals surface area contributed by atoms with E-state index in [4.69, 9.17) is 63.0 Å². The third-order valence-corrected chi connectivity index (χ3v) is 5.08. The van der Waals surface area contributed by atoms with E-state index in [2.05, 4.69) is 10.6 Å². The molecule has 1 aromatic heterocycles. The van der Waals surface area contributed by atoms with E-state index in [0.29, 0.717) is 21.4 Å². The average molecular weight is 476 g/mol. The summed E-state index contributed by atoms with van der Waals surface area (Å²) in [4.78, 5) is 12.4. The predicted molar refractivity (Wildman–Crippen MR) is 116 cm³/mol. The van der Waals surface area contributed by atoms with Crippen molar-refractivity contribution in [1.82, 2.24) is 5.32 Å². The summed E-state index contributed by atoms with van der Waals surface area (Å²) in [5, 5.41) is 15.9. The molecule has 28 heavy (non-hydrogen) atoms. The van der Waals surface area contributed by atoms with Crippen molar-refractivity contribution >= 4 is 75.3 Å². The highest BCUT2D eigenvalue weighted by atomic mass is 35.5. The van der Waals surface area contributed by atoms with Crippen molar-refractivity contribution in [2.75, 3.05) is 5.32 Å². The Morgan fingerprint density at radius 1 is 1.04 bits per heavy atom. The number of carbonyl (C=O) groups excluding carboxylic acids is 1. The van der Waals surface area contributed by atoms with Crippen molar-refractivity contribution in [3.63, 3.8) is 0 Å². The topological polar surface area (TPSA) is 74.5 Å². The van der Waals surface area contributed by atoms with Crippen LogP contribution in [-0.2, 0) is 0 Å². The van der Waals surface area contributed by atoms with E-state index in [-0.39, 0.29) is 32.4 Å². The first-order valence-corrected chi connectivity index (χ1v) is 9.53. The number of carbonyl (C=O) groups is 1. The van der Waals surface area contributed by atoms with Crippen LogP contribution in [0.15, 0.2) is 46.9 Å². The van der Waals surface area contributed by atoms with Crippen LogP contribution in [-0.4, -0.2) is 16.1 Å². The van der Waals surface area contributed by atoms with Crippen molar-refractivity contribution in [1.29, 1.82) is 0 Å². The van der Waals surface area contributed by atoms with Crippen LogP contribution < -0.4 is 10.6 Å². The summed E-state index contributed by atoms with van der Waals surface area (Å²) >= 11 is 29.0. The van der Waals surface area contributed by atoms with Crippen LogP contribution in [0, 0.1) is 0 Å². The molecule has 10 heteroatoms. The van der Waals surface area contributed by atoms with Crippen LogP contribution in [0.3, 0.4) is 0 Å². The summed E-state index contributed by atoms with van der Waals surface area (Å²) in [5.41, 5.74) is 0.695. The molecule has 2 aromatic carbocycles. The molecule has 0 radical (unpaired) electrons. The number of furan rings is 1. The van der Waals surface area contributed by atoms with Crippen molar-refractivity contribution in [3.8, 4) is 17.1 Å². The zero-order chi connectivity index (χ0) is 20.4. The Kier molecular flexibility index (Phi) is 6.37. The first-order chi connectivity index (χ1) is 13.3. The number of halogens is 4. The fourth-order valence-corrected chi connectivity index (χ4v) is 3.37. The molecule has 0 atom stereocenters. The third kappa shape index (κ3) is 4.54. The van der Waals surface area contributed by atoms with E-state index in [9.17, 15) is 9.90 Å². The first kappa shape index (κ1) is 20.8. The monoisotopic (exact) mass is 474 g/mol. The number of phenolic OH excluding ortho intramolecular Hbond substituents is 1. The highest BCUT2D eigenvalue weighted by Gasteiger charge is 2.17. The molecule has 0 aliphatic carbocycles. The number of amides is 1. The molecule has 1 heterocycles. The first-order valence-electron chi connectivity index (χ1n) is 7.61. The van der Waals surface area contributed by atoms with Gasteiger partial charge in [-0.15, -0.1) is 0 Å². The van der Waals surface area contributed by atoms with Crippen LogP contribution in [0.5, 0.6) is 5.75 Å². The highest BCUT2D eigenvalue weighted by Crippen LogP contribution is 2.35. The summed E-state index contributed by atoms with van der Waals surface area (Å²) in [7, 11) is 0. The van der Waals surface area contributed by atoms with Gasteiger partial charge in [0.25, 0.3) is 5.91 Å². The summed E-state index contributed by atoms with van der Waals surface area (Å²) in [6.45, 7) is 0. The molecule has 3 N–H and O–H groups in total.